The van der Waals surface area contributed by atoms with E-state index >= 15 is 0 Å². The fraction of sp³-hybridized carbons (Fsp3) is 0.750. The molecule has 0 radical (unpaired) electrons. The lowest BCUT2D eigenvalue weighted by Gasteiger charge is -2.20. The van der Waals surface area contributed by atoms with Crippen LogP contribution in [0.5, 0.6) is 0 Å². The average Bonchev–Trinajstić information content (AvgIpc) is 2.31. The van der Waals surface area contributed by atoms with Crippen molar-refractivity contribution in [2.45, 2.75) is 52.6 Å². The van der Waals surface area contributed by atoms with E-state index in [1.165, 1.54) is 6.42 Å². The normalized spacial score (nSPS) is 22.9. The zero-order chi connectivity index (χ0) is 10.6. The Balaban J connectivity index is 2.46. The highest BCUT2D eigenvalue weighted by atomic mass is 16.5. The topological polar surface area (TPSA) is 26.3 Å². The predicted molar refractivity (Wildman–Crippen MR) is 56.9 cm³/mol. The van der Waals surface area contributed by atoms with E-state index in [0.717, 1.165) is 19.3 Å². The van der Waals surface area contributed by atoms with Crippen LogP contribution >= 0.6 is 0 Å². The lowest BCUT2D eigenvalue weighted by atomic mass is 9.97. The first-order valence-electron chi connectivity index (χ1n) is 5.38. The smallest absolute Gasteiger partial charge is 0.311 e. The first kappa shape index (κ1) is 11.3. The molecular weight excluding hydrogens is 176 g/mol. The van der Waals surface area contributed by atoms with Crippen molar-refractivity contribution >= 4 is 5.97 Å². The van der Waals surface area contributed by atoms with Crippen LogP contribution in [0.4, 0.5) is 0 Å². The second-order valence-electron chi connectivity index (χ2n) is 4.91. The molecule has 80 valence electrons. The fourth-order valence-electron chi connectivity index (χ4n) is 1.36. The van der Waals surface area contributed by atoms with Gasteiger partial charge < -0.3 is 4.74 Å². The van der Waals surface area contributed by atoms with Gasteiger partial charge in [-0.25, -0.2) is 0 Å². The number of hydrogen-bond donors (Lipinski definition) is 0. The first-order valence-corrected chi connectivity index (χ1v) is 5.38. The van der Waals surface area contributed by atoms with Gasteiger partial charge in [-0.05, 0) is 52.5 Å². The van der Waals surface area contributed by atoms with Crippen molar-refractivity contribution < 1.29 is 9.53 Å². The molecule has 14 heavy (non-hydrogen) atoms. The molecule has 0 unspecified atom stereocenters. The Morgan fingerprint density at radius 2 is 2.07 bits per heavy atom. The molecule has 0 amide bonds. The molecule has 0 aliphatic heterocycles. The van der Waals surface area contributed by atoms with Crippen LogP contribution in [0.1, 0.15) is 46.5 Å². The summed E-state index contributed by atoms with van der Waals surface area (Å²) in [6.45, 7) is 5.65. The van der Waals surface area contributed by atoms with Gasteiger partial charge >= 0.3 is 5.97 Å². The Hall–Kier alpha value is -0.790. The van der Waals surface area contributed by atoms with Gasteiger partial charge in [0.1, 0.15) is 6.10 Å². The summed E-state index contributed by atoms with van der Waals surface area (Å²) in [5.74, 6) is -0.103. The van der Waals surface area contributed by atoms with Crippen molar-refractivity contribution in [3.05, 3.63) is 12.2 Å². The first-order chi connectivity index (χ1) is 6.50. The van der Waals surface area contributed by atoms with Crippen LogP contribution in [0.15, 0.2) is 12.2 Å². The SMILES string of the molecule is CC(C)(C)C(=O)O[C@@H]1C=CCCCC1. The average molecular weight is 196 g/mol. The second kappa shape index (κ2) is 4.63. The van der Waals surface area contributed by atoms with Gasteiger partial charge in [0.15, 0.2) is 0 Å². The van der Waals surface area contributed by atoms with Crippen LogP contribution in [-0.4, -0.2) is 12.1 Å². The van der Waals surface area contributed by atoms with Crippen LogP contribution in [-0.2, 0) is 9.53 Å². The molecule has 2 nitrogen and oxygen atoms in total. The molecular formula is C12H20O2. The van der Waals surface area contributed by atoms with E-state index in [1.807, 2.05) is 26.8 Å². The highest BCUT2D eigenvalue weighted by Crippen LogP contribution is 2.20. The Morgan fingerprint density at radius 1 is 1.36 bits per heavy atom. The van der Waals surface area contributed by atoms with Crippen LogP contribution in [0.2, 0.25) is 0 Å². The summed E-state index contributed by atoms with van der Waals surface area (Å²) in [5.41, 5.74) is -0.389. The lowest BCUT2D eigenvalue weighted by Crippen LogP contribution is -2.27. The molecule has 0 fully saturated rings. The molecule has 1 atom stereocenters. The molecule has 0 aromatic carbocycles. The zero-order valence-electron chi connectivity index (χ0n) is 9.38. The number of carbonyl (C=O) groups is 1. The van der Waals surface area contributed by atoms with Gasteiger partial charge in [-0.3, -0.25) is 4.79 Å². The minimum absolute atomic E-state index is 0.00391. The number of ether oxygens (including phenoxy) is 1. The van der Waals surface area contributed by atoms with Crippen molar-refractivity contribution in [2.75, 3.05) is 0 Å². The van der Waals surface area contributed by atoms with Gasteiger partial charge in [0.2, 0.25) is 0 Å². The van der Waals surface area contributed by atoms with E-state index in [9.17, 15) is 4.79 Å². The third-order valence-corrected chi connectivity index (χ3v) is 2.33. The Kier molecular flexibility index (Phi) is 3.73. The van der Waals surface area contributed by atoms with Gasteiger partial charge in [-0.1, -0.05) is 6.08 Å². The largest absolute Gasteiger partial charge is 0.458 e. The Labute approximate surface area is 86.3 Å². The lowest BCUT2D eigenvalue weighted by molar-refractivity contribution is -0.156. The number of allylic oxidation sites excluding steroid dienone is 1. The van der Waals surface area contributed by atoms with Crippen molar-refractivity contribution in [3.63, 3.8) is 0 Å². The molecule has 0 aromatic rings. The highest BCUT2D eigenvalue weighted by molar-refractivity contribution is 5.75. The van der Waals surface area contributed by atoms with E-state index in [2.05, 4.69) is 6.08 Å². The molecule has 0 spiro atoms. The Morgan fingerprint density at radius 3 is 2.71 bits per heavy atom. The third-order valence-electron chi connectivity index (χ3n) is 2.33. The maximum Gasteiger partial charge on any atom is 0.311 e. The van der Waals surface area contributed by atoms with E-state index < -0.39 is 0 Å². The number of hydrogen-bond acceptors (Lipinski definition) is 2. The molecule has 0 bridgehead atoms. The van der Waals surface area contributed by atoms with Crippen LogP contribution in [0.3, 0.4) is 0 Å². The molecule has 0 saturated heterocycles. The van der Waals surface area contributed by atoms with Crippen LogP contribution < -0.4 is 0 Å². The van der Waals surface area contributed by atoms with E-state index in [4.69, 9.17) is 4.74 Å². The number of rotatable bonds is 1. The summed E-state index contributed by atoms with van der Waals surface area (Å²) in [5, 5.41) is 0. The van der Waals surface area contributed by atoms with E-state index in [0.29, 0.717) is 0 Å². The molecule has 1 rings (SSSR count). The molecule has 0 heterocycles. The molecule has 1 aliphatic rings. The maximum absolute atomic E-state index is 11.6. The summed E-state index contributed by atoms with van der Waals surface area (Å²) >= 11 is 0. The van der Waals surface area contributed by atoms with Crippen LogP contribution in [0.25, 0.3) is 0 Å². The quantitative estimate of drug-likeness (QED) is 0.476. The van der Waals surface area contributed by atoms with E-state index in [-0.39, 0.29) is 17.5 Å². The summed E-state index contributed by atoms with van der Waals surface area (Å²) in [6.07, 6.45) is 8.59. The monoisotopic (exact) mass is 196 g/mol. The highest BCUT2D eigenvalue weighted by Gasteiger charge is 2.25. The fourth-order valence-corrected chi connectivity index (χ4v) is 1.36. The molecule has 0 aromatic heterocycles. The predicted octanol–water partition coefficient (Wildman–Crippen LogP) is 3.07. The molecule has 1 aliphatic carbocycles. The Bertz CT molecular complexity index is 223. The van der Waals surface area contributed by atoms with E-state index in [1.54, 1.807) is 0 Å². The third kappa shape index (κ3) is 3.52. The van der Waals surface area contributed by atoms with Gasteiger partial charge in [-0.15, -0.1) is 0 Å². The summed E-state index contributed by atoms with van der Waals surface area (Å²) in [7, 11) is 0. The van der Waals surface area contributed by atoms with Crippen LogP contribution in [0, 0.1) is 5.41 Å². The maximum atomic E-state index is 11.6. The van der Waals surface area contributed by atoms with Crippen molar-refractivity contribution in [1.82, 2.24) is 0 Å². The summed E-state index contributed by atoms with van der Waals surface area (Å²) in [6, 6.07) is 0. The summed E-state index contributed by atoms with van der Waals surface area (Å²) in [4.78, 5) is 11.6. The van der Waals surface area contributed by atoms with Crippen molar-refractivity contribution in [2.24, 2.45) is 5.41 Å². The summed E-state index contributed by atoms with van der Waals surface area (Å²) < 4.78 is 5.41. The number of carbonyl (C=O) groups excluding carboxylic acids is 1. The van der Waals surface area contributed by atoms with Gasteiger partial charge in [-0.2, -0.15) is 0 Å². The van der Waals surface area contributed by atoms with Crippen molar-refractivity contribution in [1.29, 1.82) is 0 Å². The van der Waals surface area contributed by atoms with Gasteiger partial charge in [0.05, 0.1) is 5.41 Å². The molecule has 0 saturated carbocycles. The zero-order valence-corrected chi connectivity index (χ0v) is 9.38. The van der Waals surface area contributed by atoms with Gasteiger partial charge in [0.25, 0.3) is 0 Å². The molecule has 2 heteroatoms. The minimum Gasteiger partial charge on any atom is -0.458 e. The van der Waals surface area contributed by atoms with Gasteiger partial charge in [0, 0.05) is 0 Å². The number of esters is 1. The van der Waals surface area contributed by atoms with Crippen molar-refractivity contribution in [3.8, 4) is 0 Å². The standard InChI is InChI=1S/C12H20O2/c1-12(2,3)11(13)14-10-8-6-4-5-7-9-10/h6,8,10H,4-5,7,9H2,1-3H3/t10-/m1/s1. The molecule has 0 N–H and O–H groups in total. The minimum atomic E-state index is -0.389. The second-order valence-corrected chi connectivity index (χ2v) is 4.91.